The Balaban J connectivity index is 1.58. The summed E-state index contributed by atoms with van der Waals surface area (Å²) in [5.74, 6) is 0.0608. The molecule has 1 fully saturated rings. The summed E-state index contributed by atoms with van der Waals surface area (Å²) in [7, 11) is 0. The predicted octanol–water partition coefficient (Wildman–Crippen LogP) is 3.03. The molecule has 6 nitrogen and oxygen atoms in total. The molecule has 2 aromatic heterocycles. The number of hydrogen-bond donors (Lipinski definition) is 0. The lowest BCUT2D eigenvalue weighted by Crippen LogP contribution is -2.38. The topological polar surface area (TPSA) is 63.9 Å². The number of likely N-dealkylation sites (tertiary alicyclic amines) is 1. The number of benzene rings is 1. The van der Waals surface area contributed by atoms with Crippen LogP contribution in [0.5, 0.6) is 0 Å². The van der Waals surface area contributed by atoms with Crippen LogP contribution < -0.4 is 0 Å². The molecule has 0 aliphatic carbocycles. The van der Waals surface area contributed by atoms with Gasteiger partial charge in [-0.15, -0.1) is 10.2 Å². The highest BCUT2D eigenvalue weighted by Gasteiger charge is 2.29. The number of carbonyl (C=O) groups excluding carboxylic acids is 1. The van der Waals surface area contributed by atoms with Crippen LogP contribution in [0.4, 0.5) is 0 Å². The van der Waals surface area contributed by atoms with Crippen molar-refractivity contribution in [2.45, 2.75) is 25.3 Å². The van der Waals surface area contributed by atoms with E-state index in [-0.39, 0.29) is 11.9 Å². The average molecular weight is 333 g/mol. The molecule has 3 aromatic rings. The fourth-order valence-corrected chi connectivity index (χ4v) is 3.33. The first-order valence-corrected chi connectivity index (χ1v) is 8.50. The second-order valence-electron chi connectivity index (χ2n) is 6.18. The van der Waals surface area contributed by atoms with Crippen LogP contribution in [-0.2, 0) is 0 Å². The lowest BCUT2D eigenvalue weighted by atomic mass is 9.97. The van der Waals surface area contributed by atoms with Crippen LogP contribution in [0, 0.1) is 0 Å². The van der Waals surface area contributed by atoms with Gasteiger partial charge in [-0.3, -0.25) is 14.3 Å². The Hall–Kier alpha value is -3.02. The minimum Gasteiger partial charge on any atom is -0.330 e. The molecule has 0 radical (unpaired) electrons. The number of carbonyl (C=O) groups is 1. The monoisotopic (exact) mass is 333 g/mol. The number of aromatic nitrogens is 4. The van der Waals surface area contributed by atoms with Crippen molar-refractivity contribution in [2.75, 3.05) is 6.54 Å². The maximum Gasteiger partial charge on any atom is 0.254 e. The average Bonchev–Trinajstić information content (AvgIpc) is 3.23. The number of hydrogen-bond acceptors (Lipinski definition) is 4. The number of piperidine rings is 1. The van der Waals surface area contributed by atoms with Crippen molar-refractivity contribution in [2.24, 2.45) is 0 Å². The summed E-state index contributed by atoms with van der Waals surface area (Å²) >= 11 is 0. The summed E-state index contributed by atoms with van der Waals surface area (Å²) in [6, 6.07) is 13.5. The van der Waals surface area contributed by atoms with E-state index >= 15 is 0 Å². The lowest BCUT2D eigenvalue weighted by molar-refractivity contribution is 0.0606. The van der Waals surface area contributed by atoms with Crippen LogP contribution in [-0.4, -0.2) is 37.1 Å². The second kappa shape index (κ2) is 6.84. The number of nitrogens with zero attached hydrogens (tertiary/aromatic N) is 5. The smallest absolute Gasteiger partial charge is 0.254 e. The zero-order chi connectivity index (χ0) is 17.1. The molecule has 0 saturated carbocycles. The molecule has 1 aromatic carbocycles. The normalized spacial score (nSPS) is 17.4. The first kappa shape index (κ1) is 15.5. The molecule has 0 bridgehead atoms. The van der Waals surface area contributed by atoms with Gasteiger partial charge >= 0.3 is 0 Å². The molecule has 0 spiro atoms. The van der Waals surface area contributed by atoms with Crippen LogP contribution in [0.1, 0.15) is 41.4 Å². The van der Waals surface area contributed by atoms with Gasteiger partial charge in [0.1, 0.15) is 12.7 Å². The second-order valence-corrected chi connectivity index (χ2v) is 6.18. The molecule has 1 amide bonds. The van der Waals surface area contributed by atoms with E-state index in [2.05, 4.69) is 15.2 Å². The molecule has 6 heteroatoms. The summed E-state index contributed by atoms with van der Waals surface area (Å²) in [5, 5.41) is 7.61. The fraction of sp³-hybridized carbons (Fsp3) is 0.263. The number of pyridine rings is 1. The van der Waals surface area contributed by atoms with E-state index in [1.165, 1.54) is 0 Å². The van der Waals surface area contributed by atoms with E-state index < -0.39 is 0 Å². The molecule has 0 N–H and O–H groups in total. The van der Waals surface area contributed by atoms with E-state index in [9.17, 15) is 4.79 Å². The molecule has 1 aliphatic heterocycles. The van der Waals surface area contributed by atoms with E-state index in [4.69, 9.17) is 0 Å². The van der Waals surface area contributed by atoms with Crippen LogP contribution >= 0.6 is 0 Å². The number of rotatable bonds is 3. The SMILES string of the molecule is O=C(c1ccc(-n2cnnc2)cc1)N1CCCCC1c1ccccn1. The molecular weight excluding hydrogens is 314 g/mol. The predicted molar refractivity (Wildman–Crippen MR) is 93.2 cm³/mol. The van der Waals surface area contributed by atoms with Gasteiger partial charge in [-0.1, -0.05) is 6.07 Å². The quantitative estimate of drug-likeness (QED) is 0.739. The lowest BCUT2D eigenvalue weighted by Gasteiger charge is -2.35. The Labute approximate surface area is 146 Å². The Bertz CT molecular complexity index is 830. The molecule has 4 rings (SSSR count). The van der Waals surface area contributed by atoms with Gasteiger partial charge in [-0.05, 0) is 55.7 Å². The molecule has 126 valence electrons. The van der Waals surface area contributed by atoms with Crippen molar-refractivity contribution in [3.8, 4) is 5.69 Å². The third-order valence-corrected chi connectivity index (χ3v) is 4.62. The largest absolute Gasteiger partial charge is 0.330 e. The summed E-state index contributed by atoms with van der Waals surface area (Å²) < 4.78 is 1.81. The first-order valence-electron chi connectivity index (χ1n) is 8.50. The highest BCUT2D eigenvalue weighted by molar-refractivity contribution is 5.94. The first-order chi connectivity index (χ1) is 12.3. The molecule has 1 aliphatic rings. The highest BCUT2D eigenvalue weighted by atomic mass is 16.2. The zero-order valence-corrected chi connectivity index (χ0v) is 13.8. The van der Waals surface area contributed by atoms with E-state index in [0.29, 0.717) is 5.56 Å². The molecule has 1 saturated heterocycles. The van der Waals surface area contributed by atoms with Gasteiger partial charge in [0.05, 0.1) is 11.7 Å². The zero-order valence-electron chi connectivity index (χ0n) is 13.8. The summed E-state index contributed by atoms with van der Waals surface area (Å²) in [6.45, 7) is 0.771. The fourth-order valence-electron chi connectivity index (χ4n) is 3.33. The Morgan fingerprint density at radius 1 is 1.00 bits per heavy atom. The standard InChI is InChI=1S/C19H19N5O/c25-19(15-7-9-16(10-8-15)23-13-21-22-14-23)24-12-4-2-6-18(24)17-5-1-3-11-20-17/h1,3,5,7-11,13-14,18H,2,4,6,12H2. The van der Waals surface area contributed by atoms with Crippen molar-refractivity contribution in [3.05, 3.63) is 72.6 Å². The summed E-state index contributed by atoms with van der Waals surface area (Å²) in [6.07, 6.45) is 8.19. The van der Waals surface area contributed by atoms with E-state index in [1.807, 2.05) is 51.9 Å². The molecule has 1 unspecified atom stereocenters. The number of amides is 1. The maximum atomic E-state index is 13.0. The maximum absolute atomic E-state index is 13.0. The van der Waals surface area contributed by atoms with Crippen LogP contribution in [0.25, 0.3) is 5.69 Å². The van der Waals surface area contributed by atoms with Gasteiger partial charge < -0.3 is 4.90 Å². The van der Waals surface area contributed by atoms with Crippen LogP contribution in [0.2, 0.25) is 0 Å². The highest BCUT2D eigenvalue weighted by Crippen LogP contribution is 2.31. The summed E-state index contributed by atoms with van der Waals surface area (Å²) in [5.41, 5.74) is 2.60. The third-order valence-electron chi connectivity index (χ3n) is 4.62. The Morgan fingerprint density at radius 3 is 2.52 bits per heavy atom. The van der Waals surface area contributed by atoms with Crippen molar-refractivity contribution in [1.82, 2.24) is 24.6 Å². The Kier molecular flexibility index (Phi) is 4.24. The van der Waals surface area contributed by atoms with Crippen LogP contribution in [0.3, 0.4) is 0 Å². The van der Waals surface area contributed by atoms with Gasteiger partial charge in [-0.25, -0.2) is 0 Å². The van der Waals surface area contributed by atoms with Gasteiger partial charge in [-0.2, -0.15) is 0 Å². The van der Waals surface area contributed by atoms with E-state index in [0.717, 1.165) is 37.2 Å². The van der Waals surface area contributed by atoms with Crippen molar-refractivity contribution >= 4 is 5.91 Å². The van der Waals surface area contributed by atoms with Crippen LogP contribution in [0.15, 0.2) is 61.3 Å². The third kappa shape index (κ3) is 3.15. The van der Waals surface area contributed by atoms with Gasteiger partial charge in [0.25, 0.3) is 5.91 Å². The minimum atomic E-state index is 0.0555. The van der Waals surface area contributed by atoms with Crippen molar-refractivity contribution in [3.63, 3.8) is 0 Å². The molecule has 25 heavy (non-hydrogen) atoms. The van der Waals surface area contributed by atoms with Crippen molar-refractivity contribution in [1.29, 1.82) is 0 Å². The summed E-state index contributed by atoms with van der Waals surface area (Å²) in [4.78, 5) is 19.5. The van der Waals surface area contributed by atoms with E-state index in [1.54, 1.807) is 18.9 Å². The molecular formula is C19H19N5O. The Morgan fingerprint density at radius 2 is 1.80 bits per heavy atom. The minimum absolute atomic E-state index is 0.0555. The molecule has 1 atom stereocenters. The van der Waals surface area contributed by atoms with Gasteiger partial charge in [0.15, 0.2) is 0 Å². The van der Waals surface area contributed by atoms with Crippen molar-refractivity contribution < 1.29 is 4.79 Å². The molecule has 3 heterocycles. The van der Waals surface area contributed by atoms with Gasteiger partial charge in [0, 0.05) is 24.0 Å². The van der Waals surface area contributed by atoms with Gasteiger partial charge in [0.2, 0.25) is 0 Å².